The van der Waals surface area contributed by atoms with Gasteiger partial charge in [-0.2, -0.15) is 11.3 Å². The first-order valence-electron chi connectivity index (χ1n) is 5.73. The zero-order valence-corrected chi connectivity index (χ0v) is 10.5. The molecule has 0 fully saturated rings. The summed E-state index contributed by atoms with van der Waals surface area (Å²) in [6.07, 6.45) is 4.77. The molecule has 0 radical (unpaired) electrons. The summed E-state index contributed by atoms with van der Waals surface area (Å²) >= 11 is 1.75. The van der Waals surface area contributed by atoms with E-state index in [1.54, 1.807) is 11.3 Å². The fourth-order valence-electron chi connectivity index (χ4n) is 2.00. The normalized spacial score (nSPS) is 15.1. The highest BCUT2D eigenvalue weighted by Gasteiger charge is 2.12. The van der Waals surface area contributed by atoms with E-state index in [1.807, 2.05) is 0 Å². The van der Waals surface area contributed by atoms with Crippen LogP contribution in [0.5, 0.6) is 0 Å². The lowest BCUT2D eigenvalue weighted by Crippen LogP contribution is -2.37. The molecule has 0 bridgehead atoms. The van der Waals surface area contributed by atoms with Gasteiger partial charge in [0.1, 0.15) is 0 Å². The first-order chi connectivity index (χ1) is 7.26. The fraction of sp³-hybridized carbons (Fsp3) is 0.667. The van der Waals surface area contributed by atoms with Crippen LogP contribution in [0.3, 0.4) is 0 Å². The van der Waals surface area contributed by atoms with E-state index in [2.05, 4.69) is 36.1 Å². The van der Waals surface area contributed by atoms with Gasteiger partial charge < -0.3 is 0 Å². The van der Waals surface area contributed by atoms with Crippen molar-refractivity contribution in [3.05, 3.63) is 22.4 Å². The molecule has 0 aliphatic rings. The number of hydrazine groups is 1. The Bertz CT molecular complexity index is 246. The summed E-state index contributed by atoms with van der Waals surface area (Å²) < 4.78 is 0. The summed E-state index contributed by atoms with van der Waals surface area (Å²) in [5, 5.41) is 4.33. The predicted octanol–water partition coefficient (Wildman–Crippen LogP) is 2.95. The van der Waals surface area contributed by atoms with Gasteiger partial charge in [0, 0.05) is 6.04 Å². The Hall–Kier alpha value is -0.380. The lowest BCUT2D eigenvalue weighted by molar-refractivity contribution is 0.385. The number of hydrogen-bond acceptors (Lipinski definition) is 3. The third-order valence-electron chi connectivity index (χ3n) is 2.77. The molecule has 3 heteroatoms. The third-order valence-corrected chi connectivity index (χ3v) is 3.50. The van der Waals surface area contributed by atoms with Crippen LogP contribution < -0.4 is 11.3 Å². The maximum Gasteiger partial charge on any atom is 0.0253 e. The molecule has 1 aromatic rings. The van der Waals surface area contributed by atoms with Crippen LogP contribution in [0.4, 0.5) is 0 Å². The molecule has 15 heavy (non-hydrogen) atoms. The topological polar surface area (TPSA) is 38.0 Å². The number of thiophene rings is 1. The van der Waals surface area contributed by atoms with Gasteiger partial charge in [-0.1, -0.05) is 26.7 Å². The van der Waals surface area contributed by atoms with Gasteiger partial charge in [-0.15, -0.1) is 0 Å². The molecule has 0 saturated carbocycles. The van der Waals surface area contributed by atoms with E-state index in [4.69, 9.17) is 5.84 Å². The zero-order chi connectivity index (χ0) is 11.1. The van der Waals surface area contributed by atoms with Crippen molar-refractivity contribution in [2.75, 3.05) is 0 Å². The standard InChI is InChI=1S/C12H22N2S/c1-3-4-10(2)7-12(14-13)8-11-5-6-15-9-11/h5-6,9-10,12,14H,3-4,7-8,13H2,1-2H3. The Kier molecular flexibility index (Phi) is 5.91. The van der Waals surface area contributed by atoms with Gasteiger partial charge in [-0.3, -0.25) is 11.3 Å². The van der Waals surface area contributed by atoms with Crippen LogP contribution in [0, 0.1) is 5.92 Å². The van der Waals surface area contributed by atoms with E-state index >= 15 is 0 Å². The molecule has 2 nitrogen and oxygen atoms in total. The molecule has 2 unspecified atom stereocenters. The molecule has 3 N–H and O–H groups in total. The van der Waals surface area contributed by atoms with Gasteiger partial charge in [0.25, 0.3) is 0 Å². The molecule has 1 rings (SSSR count). The minimum atomic E-state index is 0.418. The summed E-state index contributed by atoms with van der Waals surface area (Å²) in [6.45, 7) is 4.54. The highest BCUT2D eigenvalue weighted by Crippen LogP contribution is 2.16. The molecule has 0 aliphatic carbocycles. The van der Waals surface area contributed by atoms with Crippen LogP contribution in [-0.4, -0.2) is 6.04 Å². The van der Waals surface area contributed by atoms with Crippen LogP contribution >= 0.6 is 11.3 Å². The lowest BCUT2D eigenvalue weighted by atomic mass is 9.94. The second kappa shape index (κ2) is 6.99. The predicted molar refractivity (Wildman–Crippen MR) is 67.8 cm³/mol. The average Bonchev–Trinajstić information content (AvgIpc) is 2.70. The van der Waals surface area contributed by atoms with Crippen molar-refractivity contribution < 1.29 is 0 Å². The van der Waals surface area contributed by atoms with Gasteiger partial charge >= 0.3 is 0 Å². The van der Waals surface area contributed by atoms with E-state index < -0.39 is 0 Å². The maximum atomic E-state index is 5.59. The Morgan fingerprint density at radius 3 is 2.87 bits per heavy atom. The van der Waals surface area contributed by atoms with Crippen molar-refractivity contribution in [3.63, 3.8) is 0 Å². The first-order valence-corrected chi connectivity index (χ1v) is 6.67. The van der Waals surface area contributed by atoms with E-state index in [0.29, 0.717) is 6.04 Å². The summed E-state index contributed by atoms with van der Waals surface area (Å²) in [4.78, 5) is 0. The molecule has 0 spiro atoms. The van der Waals surface area contributed by atoms with Gasteiger partial charge in [0.2, 0.25) is 0 Å². The van der Waals surface area contributed by atoms with Crippen molar-refractivity contribution in [2.24, 2.45) is 11.8 Å². The average molecular weight is 226 g/mol. The minimum Gasteiger partial charge on any atom is -0.271 e. The highest BCUT2D eigenvalue weighted by molar-refractivity contribution is 7.07. The highest BCUT2D eigenvalue weighted by atomic mass is 32.1. The molecule has 86 valence electrons. The van der Waals surface area contributed by atoms with Gasteiger partial charge in [0.05, 0.1) is 0 Å². The molecule has 0 saturated heterocycles. The molecular weight excluding hydrogens is 204 g/mol. The van der Waals surface area contributed by atoms with E-state index in [0.717, 1.165) is 12.3 Å². The number of hydrogen-bond donors (Lipinski definition) is 2. The smallest absolute Gasteiger partial charge is 0.0253 e. The monoisotopic (exact) mass is 226 g/mol. The Balaban J connectivity index is 2.35. The van der Waals surface area contributed by atoms with Crippen molar-refractivity contribution in [1.29, 1.82) is 0 Å². The SMILES string of the molecule is CCCC(C)CC(Cc1ccsc1)NN. The van der Waals surface area contributed by atoms with E-state index in [-0.39, 0.29) is 0 Å². The van der Waals surface area contributed by atoms with Crippen LogP contribution in [0.15, 0.2) is 16.8 Å². The first kappa shape index (κ1) is 12.7. The summed E-state index contributed by atoms with van der Waals surface area (Å²) in [6, 6.07) is 2.60. The Labute approximate surface area is 96.9 Å². The Morgan fingerprint density at radius 1 is 1.53 bits per heavy atom. The van der Waals surface area contributed by atoms with Crippen LogP contribution in [-0.2, 0) is 6.42 Å². The molecular formula is C12H22N2S. The second-order valence-corrected chi connectivity index (χ2v) is 5.11. The number of nitrogens with two attached hydrogens (primary N) is 1. The fourth-order valence-corrected chi connectivity index (χ4v) is 2.68. The quantitative estimate of drug-likeness (QED) is 0.554. The summed E-state index contributed by atoms with van der Waals surface area (Å²) in [5.74, 6) is 6.35. The third kappa shape index (κ3) is 4.78. The molecule has 1 heterocycles. The van der Waals surface area contributed by atoms with Crippen molar-refractivity contribution in [3.8, 4) is 0 Å². The number of nitrogens with one attached hydrogen (secondary N) is 1. The summed E-state index contributed by atoms with van der Waals surface area (Å²) in [5.41, 5.74) is 4.33. The van der Waals surface area contributed by atoms with Crippen molar-refractivity contribution in [2.45, 2.75) is 45.6 Å². The van der Waals surface area contributed by atoms with E-state index in [1.165, 1.54) is 24.8 Å². The maximum absolute atomic E-state index is 5.59. The van der Waals surface area contributed by atoms with Crippen molar-refractivity contribution in [1.82, 2.24) is 5.43 Å². The van der Waals surface area contributed by atoms with Gasteiger partial charge in [0.15, 0.2) is 0 Å². The minimum absolute atomic E-state index is 0.418. The molecule has 0 aromatic carbocycles. The van der Waals surface area contributed by atoms with Gasteiger partial charge in [-0.25, -0.2) is 0 Å². The Morgan fingerprint density at radius 2 is 2.33 bits per heavy atom. The second-order valence-electron chi connectivity index (χ2n) is 4.33. The summed E-state index contributed by atoms with van der Waals surface area (Å²) in [7, 11) is 0. The van der Waals surface area contributed by atoms with Crippen LogP contribution in [0.25, 0.3) is 0 Å². The lowest BCUT2D eigenvalue weighted by Gasteiger charge is -2.19. The van der Waals surface area contributed by atoms with E-state index in [9.17, 15) is 0 Å². The zero-order valence-electron chi connectivity index (χ0n) is 9.70. The molecule has 2 atom stereocenters. The van der Waals surface area contributed by atoms with Crippen LogP contribution in [0.1, 0.15) is 38.7 Å². The molecule has 1 aromatic heterocycles. The van der Waals surface area contributed by atoms with Crippen LogP contribution in [0.2, 0.25) is 0 Å². The number of rotatable bonds is 7. The van der Waals surface area contributed by atoms with Crippen molar-refractivity contribution >= 4 is 11.3 Å². The largest absolute Gasteiger partial charge is 0.271 e. The molecule has 0 aliphatic heterocycles. The molecule has 0 amide bonds. The van der Waals surface area contributed by atoms with Gasteiger partial charge in [-0.05, 0) is 41.1 Å².